The van der Waals surface area contributed by atoms with Crippen molar-refractivity contribution < 1.29 is 8.81 Å². The lowest BCUT2D eigenvalue weighted by Crippen LogP contribution is -1.97. The Kier molecular flexibility index (Phi) is 4.33. The van der Waals surface area contributed by atoms with Crippen LogP contribution < -0.4 is 0 Å². The number of furan rings is 1. The maximum Gasteiger partial charge on any atom is 0.145 e. The number of hydrogen-bond donors (Lipinski definition) is 0. The molecule has 0 atom stereocenters. The zero-order valence-corrected chi connectivity index (χ0v) is 18.7. The molecule has 0 bridgehead atoms. The topological polar surface area (TPSA) is 31.0 Å². The van der Waals surface area contributed by atoms with E-state index >= 15 is 0 Å². The molecule has 0 aliphatic carbocycles. The summed E-state index contributed by atoms with van der Waals surface area (Å²) >= 11 is 0. The largest absolute Gasteiger partial charge is 0.456 e. The molecular formula is C31H19FN2O. The maximum atomic E-state index is 13.7. The summed E-state index contributed by atoms with van der Waals surface area (Å²) in [5.41, 5.74) is 7.67. The highest BCUT2D eigenvalue weighted by atomic mass is 19.1. The molecule has 0 radical (unpaired) electrons. The Labute approximate surface area is 200 Å². The summed E-state index contributed by atoms with van der Waals surface area (Å²) in [6, 6.07) is 37.3. The molecule has 7 rings (SSSR count). The van der Waals surface area contributed by atoms with Crippen molar-refractivity contribution in [3.05, 3.63) is 121 Å². The van der Waals surface area contributed by atoms with E-state index in [-0.39, 0.29) is 5.82 Å². The molecule has 0 aliphatic heterocycles. The Hall–Kier alpha value is -4.70. The number of hydrogen-bond acceptors (Lipinski definition) is 2. The van der Waals surface area contributed by atoms with Crippen LogP contribution in [-0.2, 0) is 0 Å². The third-order valence-corrected chi connectivity index (χ3v) is 6.48. The van der Waals surface area contributed by atoms with Gasteiger partial charge >= 0.3 is 0 Å². The second-order valence-corrected chi connectivity index (χ2v) is 8.63. The number of nitrogens with zero attached hydrogens (tertiary/aromatic N) is 2. The van der Waals surface area contributed by atoms with Crippen LogP contribution >= 0.6 is 0 Å². The molecule has 35 heavy (non-hydrogen) atoms. The lowest BCUT2D eigenvalue weighted by molar-refractivity contribution is 0.627. The fourth-order valence-corrected chi connectivity index (χ4v) is 4.80. The van der Waals surface area contributed by atoms with Gasteiger partial charge in [0.15, 0.2) is 0 Å². The van der Waals surface area contributed by atoms with E-state index in [0.29, 0.717) is 0 Å². The number of halogens is 1. The smallest absolute Gasteiger partial charge is 0.145 e. The van der Waals surface area contributed by atoms with Gasteiger partial charge in [-0.05, 0) is 77.9 Å². The molecule has 0 saturated carbocycles. The van der Waals surface area contributed by atoms with Crippen LogP contribution in [0, 0.1) is 5.82 Å². The number of aromatic nitrogens is 2. The van der Waals surface area contributed by atoms with Crippen molar-refractivity contribution in [2.75, 3.05) is 0 Å². The molecule has 0 amide bonds. The van der Waals surface area contributed by atoms with E-state index in [2.05, 4.69) is 34.9 Å². The zero-order chi connectivity index (χ0) is 23.4. The third kappa shape index (κ3) is 3.22. The summed E-state index contributed by atoms with van der Waals surface area (Å²) in [6.07, 6.45) is 0. The molecule has 7 aromatic rings. The van der Waals surface area contributed by atoms with Crippen LogP contribution in [0.25, 0.3) is 61.2 Å². The molecule has 166 valence electrons. The predicted molar refractivity (Wildman–Crippen MR) is 139 cm³/mol. The van der Waals surface area contributed by atoms with Gasteiger partial charge in [0.1, 0.15) is 22.8 Å². The monoisotopic (exact) mass is 454 g/mol. The molecule has 0 unspecified atom stereocenters. The summed E-state index contributed by atoms with van der Waals surface area (Å²) in [5, 5.41) is 2.10. The second-order valence-electron chi connectivity index (χ2n) is 8.63. The van der Waals surface area contributed by atoms with Crippen LogP contribution in [0.1, 0.15) is 0 Å². The maximum absolute atomic E-state index is 13.7. The molecule has 0 saturated heterocycles. The normalized spacial score (nSPS) is 11.6. The first-order valence-electron chi connectivity index (χ1n) is 11.5. The van der Waals surface area contributed by atoms with Gasteiger partial charge in [-0.15, -0.1) is 0 Å². The summed E-state index contributed by atoms with van der Waals surface area (Å²) < 4.78 is 21.9. The molecule has 0 aliphatic rings. The van der Waals surface area contributed by atoms with Crippen LogP contribution in [0.5, 0.6) is 0 Å². The molecule has 3 nitrogen and oxygen atoms in total. The minimum absolute atomic E-state index is 0.264. The number of fused-ring (bicyclic) bond motifs is 4. The van der Waals surface area contributed by atoms with Crippen LogP contribution in [0.15, 0.2) is 120 Å². The molecule has 0 N–H and O–H groups in total. The van der Waals surface area contributed by atoms with Crippen molar-refractivity contribution >= 4 is 33.0 Å². The Bertz CT molecular complexity index is 1850. The number of benzene rings is 5. The number of imidazole rings is 1. The standard InChI is InChI=1S/C31H19FN2O/c32-23-12-14-24(15-13-23)34-28-9-5-4-8-27(28)33-31(34)22-11-17-30-26(19-22)25-18-21(10-16-29(25)35-30)20-6-2-1-3-7-20/h1-19H. The van der Waals surface area contributed by atoms with Crippen LogP contribution in [0.2, 0.25) is 0 Å². The number of para-hydroxylation sites is 2. The third-order valence-electron chi connectivity index (χ3n) is 6.48. The van der Waals surface area contributed by atoms with E-state index in [1.54, 1.807) is 12.1 Å². The minimum atomic E-state index is -0.264. The fourth-order valence-electron chi connectivity index (χ4n) is 4.80. The van der Waals surface area contributed by atoms with E-state index in [9.17, 15) is 4.39 Å². The van der Waals surface area contributed by atoms with Crippen molar-refractivity contribution in [2.45, 2.75) is 0 Å². The first kappa shape index (κ1) is 19.7. The van der Waals surface area contributed by atoms with Gasteiger partial charge in [-0.1, -0.05) is 48.5 Å². The Balaban J connectivity index is 1.46. The lowest BCUT2D eigenvalue weighted by Gasteiger charge is -2.10. The first-order chi connectivity index (χ1) is 17.2. The highest BCUT2D eigenvalue weighted by Gasteiger charge is 2.16. The van der Waals surface area contributed by atoms with E-state index < -0.39 is 0 Å². The molecule has 0 spiro atoms. The van der Waals surface area contributed by atoms with Gasteiger partial charge in [0.25, 0.3) is 0 Å². The van der Waals surface area contributed by atoms with Crippen molar-refractivity contribution in [3.8, 4) is 28.2 Å². The summed E-state index contributed by atoms with van der Waals surface area (Å²) in [7, 11) is 0. The quantitative estimate of drug-likeness (QED) is 0.268. The van der Waals surface area contributed by atoms with E-state index in [4.69, 9.17) is 9.40 Å². The Morgan fingerprint density at radius 3 is 2.03 bits per heavy atom. The van der Waals surface area contributed by atoms with Crippen LogP contribution in [0.4, 0.5) is 4.39 Å². The van der Waals surface area contributed by atoms with E-state index in [1.807, 2.05) is 60.7 Å². The second kappa shape index (κ2) is 7.67. The zero-order valence-electron chi connectivity index (χ0n) is 18.7. The minimum Gasteiger partial charge on any atom is -0.456 e. The molecule has 2 heterocycles. The Morgan fingerprint density at radius 2 is 1.26 bits per heavy atom. The average Bonchev–Trinajstić information content (AvgIpc) is 3.47. The van der Waals surface area contributed by atoms with Crippen molar-refractivity contribution in [1.82, 2.24) is 9.55 Å². The van der Waals surface area contributed by atoms with Crippen LogP contribution in [0.3, 0.4) is 0 Å². The van der Waals surface area contributed by atoms with Crippen LogP contribution in [-0.4, -0.2) is 9.55 Å². The summed E-state index contributed by atoms with van der Waals surface area (Å²) in [5.74, 6) is 0.536. The molecule has 5 aromatic carbocycles. The molecule has 0 fully saturated rings. The summed E-state index contributed by atoms with van der Waals surface area (Å²) in [4.78, 5) is 4.96. The first-order valence-corrected chi connectivity index (χ1v) is 11.5. The molecule has 2 aromatic heterocycles. The van der Waals surface area contributed by atoms with Gasteiger partial charge < -0.3 is 4.42 Å². The lowest BCUT2D eigenvalue weighted by atomic mass is 10.0. The highest BCUT2D eigenvalue weighted by molar-refractivity contribution is 6.07. The summed E-state index contributed by atoms with van der Waals surface area (Å²) in [6.45, 7) is 0. The molecular weight excluding hydrogens is 435 g/mol. The predicted octanol–water partition coefficient (Wildman–Crippen LogP) is 8.40. The van der Waals surface area contributed by atoms with E-state index in [0.717, 1.165) is 61.2 Å². The van der Waals surface area contributed by atoms with Gasteiger partial charge in [0.05, 0.1) is 11.0 Å². The average molecular weight is 455 g/mol. The van der Waals surface area contributed by atoms with Gasteiger partial charge in [-0.25, -0.2) is 9.37 Å². The SMILES string of the molecule is Fc1ccc(-n2c(-c3ccc4oc5ccc(-c6ccccc6)cc5c4c3)nc3ccccc32)cc1. The van der Waals surface area contributed by atoms with Crippen molar-refractivity contribution in [3.63, 3.8) is 0 Å². The number of rotatable bonds is 3. The van der Waals surface area contributed by atoms with Crippen molar-refractivity contribution in [2.24, 2.45) is 0 Å². The van der Waals surface area contributed by atoms with Gasteiger partial charge in [-0.3, -0.25) is 4.57 Å². The molecule has 4 heteroatoms. The van der Waals surface area contributed by atoms with Crippen molar-refractivity contribution in [1.29, 1.82) is 0 Å². The Morgan fingerprint density at radius 1 is 0.600 bits per heavy atom. The highest BCUT2D eigenvalue weighted by Crippen LogP contribution is 2.36. The van der Waals surface area contributed by atoms with Gasteiger partial charge in [0, 0.05) is 22.0 Å². The van der Waals surface area contributed by atoms with Gasteiger partial charge in [-0.2, -0.15) is 0 Å². The van der Waals surface area contributed by atoms with Gasteiger partial charge in [0.2, 0.25) is 0 Å². The fraction of sp³-hybridized carbons (Fsp3) is 0. The van der Waals surface area contributed by atoms with E-state index in [1.165, 1.54) is 12.1 Å².